The molecule has 8 nitrogen and oxygen atoms in total. The maximum absolute atomic E-state index is 15.6. The average molecular weight is 517 g/mol. The zero-order chi connectivity index (χ0) is 25.8. The third kappa shape index (κ3) is 4.23. The molecule has 0 amide bonds. The van der Waals surface area contributed by atoms with Gasteiger partial charge in [0.05, 0.1) is 34.0 Å². The molecule has 198 valence electrons. The van der Waals surface area contributed by atoms with Gasteiger partial charge in [-0.2, -0.15) is 0 Å². The minimum Gasteiger partial charge on any atom is -0.393 e. The molecule has 38 heavy (non-hydrogen) atoms. The topological polar surface area (TPSA) is 109 Å². The summed E-state index contributed by atoms with van der Waals surface area (Å²) in [6.45, 7) is 3.13. The van der Waals surface area contributed by atoms with Crippen LogP contribution in [0, 0.1) is 11.7 Å². The number of aromatic amines is 2. The minimum absolute atomic E-state index is 0.0938. The first-order valence-electron chi connectivity index (χ1n) is 13.8. The SMILES string of the molecule is O=c1[nH]c2cc(NC3CCC(O)CC3)c(F)cc2c(N[C@H]2CN3CCC2CC3)c1-c1nc2ccccc2[nH]1. The number of H-pyrrole nitrogens is 2. The number of benzene rings is 2. The Bertz CT molecular complexity index is 1520. The quantitative estimate of drug-likeness (QED) is 0.269. The van der Waals surface area contributed by atoms with Gasteiger partial charge in [0.2, 0.25) is 0 Å². The number of aromatic nitrogens is 3. The Morgan fingerprint density at radius 2 is 1.76 bits per heavy atom. The molecule has 1 atom stereocenters. The highest BCUT2D eigenvalue weighted by molar-refractivity contribution is 6.00. The van der Waals surface area contributed by atoms with Crippen LogP contribution >= 0.6 is 0 Å². The zero-order valence-corrected chi connectivity index (χ0v) is 21.3. The van der Waals surface area contributed by atoms with Crippen molar-refractivity contribution in [3.63, 3.8) is 0 Å². The second kappa shape index (κ2) is 9.39. The molecule has 8 rings (SSSR count). The van der Waals surface area contributed by atoms with E-state index in [1.54, 1.807) is 6.07 Å². The van der Waals surface area contributed by atoms with Crippen molar-refractivity contribution in [2.75, 3.05) is 30.3 Å². The Morgan fingerprint density at radius 3 is 2.50 bits per heavy atom. The number of hydrogen-bond donors (Lipinski definition) is 5. The van der Waals surface area contributed by atoms with Crippen LogP contribution in [0.15, 0.2) is 41.2 Å². The van der Waals surface area contributed by atoms with Crippen molar-refractivity contribution in [3.8, 4) is 11.4 Å². The van der Waals surface area contributed by atoms with E-state index < -0.39 is 0 Å². The molecule has 1 saturated carbocycles. The fourth-order valence-electron chi connectivity index (χ4n) is 6.63. The molecule has 3 aliphatic heterocycles. The fraction of sp³-hybridized carbons (Fsp3) is 0.448. The number of nitrogens with zero attached hydrogens (tertiary/aromatic N) is 2. The zero-order valence-electron chi connectivity index (χ0n) is 21.3. The Hall–Kier alpha value is -3.43. The van der Waals surface area contributed by atoms with Crippen molar-refractivity contribution in [1.29, 1.82) is 0 Å². The number of piperidine rings is 3. The fourth-order valence-corrected chi connectivity index (χ4v) is 6.63. The Kier molecular flexibility index (Phi) is 5.85. The molecule has 2 aromatic carbocycles. The van der Waals surface area contributed by atoms with Gasteiger partial charge in [-0.05, 0) is 81.8 Å². The monoisotopic (exact) mass is 516 g/mol. The van der Waals surface area contributed by atoms with E-state index in [2.05, 4.69) is 25.5 Å². The van der Waals surface area contributed by atoms with E-state index in [1.165, 1.54) is 6.07 Å². The maximum Gasteiger partial charge on any atom is 0.261 e. The predicted octanol–water partition coefficient (Wildman–Crippen LogP) is 4.43. The van der Waals surface area contributed by atoms with Gasteiger partial charge in [0, 0.05) is 24.0 Å². The van der Waals surface area contributed by atoms with Crippen LogP contribution in [0.4, 0.5) is 15.8 Å². The van der Waals surface area contributed by atoms with Crippen LogP contribution in [-0.4, -0.2) is 62.8 Å². The summed E-state index contributed by atoms with van der Waals surface area (Å²) in [6, 6.07) is 11.2. The summed E-state index contributed by atoms with van der Waals surface area (Å²) in [7, 11) is 0. The van der Waals surface area contributed by atoms with Gasteiger partial charge in [-0.3, -0.25) is 4.79 Å². The number of anilines is 2. The molecule has 3 saturated heterocycles. The number of pyridine rings is 1. The first-order chi connectivity index (χ1) is 18.5. The summed E-state index contributed by atoms with van der Waals surface area (Å²) >= 11 is 0. The number of para-hydroxylation sites is 2. The van der Waals surface area contributed by atoms with Gasteiger partial charge in [-0.25, -0.2) is 9.37 Å². The third-order valence-corrected chi connectivity index (χ3v) is 8.77. The van der Waals surface area contributed by atoms with E-state index >= 15 is 4.39 Å². The first kappa shape index (κ1) is 23.7. The van der Waals surface area contributed by atoms with E-state index in [9.17, 15) is 9.90 Å². The summed E-state index contributed by atoms with van der Waals surface area (Å²) < 4.78 is 15.6. The molecule has 0 unspecified atom stereocenters. The lowest BCUT2D eigenvalue weighted by Gasteiger charge is -2.45. The van der Waals surface area contributed by atoms with Crippen LogP contribution in [0.1, 0.15) is 38.5 Å². The van der Waals surface area contributed by atoms with Crippen LogP contribution in [0.2, 0.25) is 0 Å². The van der Waals surface area contributed by atoms with E-state index in [-0.39, 0.29) is 29.6 Å². The van der Waals surface area contributed by atoms with Crippen molar-refractivity contribution in [2.45, 2.75) is 56.7 Å². The van der Waals surface area contributed by atoms with Gasteiger partial charge < -0.3 is 30.6 Å². The Morgan fingerprint density at radius 1 is 0.974 bits per heavy atom. The molecule has 4 fully saturated rings. The summed E-state index contributed by atoms with van der Waals surface area (Å²) in [5.41, 5.74) is 3.36. The van der Waals surface area contributed by atoms with Crippen LogP contribution in [-0.2, 0) is 0 Å². The van der Waals surface area contributed by atoms with Crippen molar-refractivity contribution in [1.82, 2.24) is 19.9 Å². The maximum atomic E-state index is 15.6. The van der Waals surface area contributed by atoms with E-state index in [0.29, 0.717) is 52.4 Å². The highest BCUT2D eigenvalue weighted by Crippen LogP contribution is 2.37. The van der Waals surface area contributed by atoms with Gasteiger partial charge in [-0.1, -0.05) is 12.1 Å². The number of halogens is 1. The van der Waals surface area contributed by atoms with Crippen LogP contribution in [0.5, 0.6) is 0 Å². The highest BCUT2D eigenvalue weighted by atomic mass is 19.1. The smallest absolute Gasteiger partial charge is 0.261 e. The number of imidazole rings is 1. The average Bonchev–Trinajstić information content (AvgIpc) is 3.35. The Balaban J connectivity index is 1.34. The predicted molar refractivity (Wildman–Crippen MR) is 148 cm³/mol. The third-order valence-electron chi connectivity index (χ3n) is 8.77. The van der Waals surface area contributed by atoms with Crippen LogP contribution in [0.3, 0.4) is 0 Å². The number of fused-ring (bicyclic) bond motifs is 5. The lowest BCUT2D eigenvalue weighted by molar-refractivity contribution is 0.0976. The van der Waals surface area contributed by atoms with E-state index in [4.69, 9.17) is 4.98 Å². The second-order valence-corrected chi connectivity index (χ2v) is 11.2. The molecule has 9 heteroatoms. The van der Waals surface area contributed by atoms with Gasteiger partial charge in [0.25, 0.3) is 5.56 Å². The molecule has 2 aromatic heterocycles. The number of hydrogen-bond acceptors (Lipinski definition) is 6. The van der Waals surface area contributed by atoms with E-state index in [0.717, 1.165) is 56.4 Å². The molecule has 0 radical (unpaired) electrons. The number of aliphatic hydroxyl groups excluding tert-OH is 1. The normalized spacial score (nSPS) is 27.2. The van der Waals surface area contributed by atoms with Crippen molar-refractivity contribution in [2.24, 2.45) is 5.92 Å². The summed E-state index contributed by atoms with van der Waals surface area (Å²) in [6.07, 6.45) is 4.95. The Labute approximate surface area is 219 Å². The van der Waals surface area contributed by atoms with Crippen LogP contribution in [0.25, 0.3) is 33.3 Å². The first-order valence-corrected chi connectivity index (χ1v) is 13.8. The largest absolute Gasteiger partial charge is 0.393 e. The molecular formula is C29H33FN6O2. The molecule has 4 aliphatic rings. The van der Waals surface area contributed by atoms with E-state index in [1.807, 2.05) is 24.3 Å². The summed E-state index contributed by atoms with van der Waals surface area (Å²) in [5.74, 6) is 0.634. The lowest BCUT2D eigenvalue weighted by atomic mass is 9.83. The second-order valence-electron chi connectivity index (χ2n) is 11.2. The number of nitrogens with one attached hydrogen (secondary N) is 4. The molecule has 5 heterocycles. The summed E-state index contributed by atoms with van der Waals surface area (Å²) in [5, 5.41) is 17.5. The molecule has 1 aliphatic carbocycles. The lowest BCUT2D eigenvalue weighted by Crippen LogP contribution is -2.53. The molecule has 5 N–H and O–H groups in total. The van der Waals surface area contributed by atoms with Gasteiger partial charge in [0.1, 0.15) is 17.2 Å². The van der Waals surface area contributed by atoms with Crippen LogP contribution < -0.4 is 16.2 Å². The molecule has 4 aromatic rings. The van der Waals surface area contributed by atoms with Gasteiger partial charge in [-0.15, -0.1) is 0 Å². The standard InChI is InChI=1S/C29H33FN6O2/c30-20-13-19-23(14-24(20)31-17-5-7-18(37)8-6-17)35-29(38)26(28-33-21-3-1-2-4-22(21)34-28)27(19)32-25-15-36-11-9-16(25)10-12-36/h1-4,13-14,16-18,25,31,37H,5-12,15H2,(H,33,34)(H2,32,35,38)/t17?,18?,25-/m0/s1. The number of rotatable bonds is 5. The minimum atomic E-state index is -0.358. The van der Waals surface area contributed by atoms with Gasteiger partial charge >= 0.3 is 0 Å². The number of aliphatic hydroxyl groups is 1. The summed E-state index contributed by atoms with van der Waals surface area (Å²) in [4.78, 5) is 27.1. The molecule has 0 spiro atoms. The highest BCUT2D eigenvalue weighted by Gasteiger charge is 2.35. The van der Waals surface area contributed by atoms with Crippen molar-refractivity contribution in [3.05, 3.63) is 52.6 Å². The van der Waals surface area contributed by atoms with Crippen molar-refractivity contribution >= 4 is 33.3 Å². The van der Waals surface area contributed by atoms with Crippen molar-refractivity contribution < 1.29 is 9.50 Å². The molecular weight excluding hydrogens is 483 g/mol. The molecule has 2 bridgehead atoms. The van der Waals surface area contributed by atoms with Gasteiger partial charge in [0.15, 0.2) is 0 Å².